The fourth-order valence-corrected chi connectivity index (χ4v) is 3.36. The maximum Gasteiger partial charge on any atom is 0.122 e. The first-order valence-corrected chi connectivity index (χ1v) is 7.88. The van der Waals surface area contributed by atoms with Crippen LogP contribution in [0.4, 0.5) is 0 Å². The molecule has 1 saturated carbocycles. The van der Waals surface area contributed by atoms with Gasteiger partial charge in [0.25, 0.3) is 0 Å². The lowest BCUT2D eigenvalue weighted by Crippen LogP contribution is -2.40. The van der Waals surface area contributed by atoms with E-state index in [0.717, 1.165) is 25.1 Å². The molecular formula is C16H27N3O. The molecule has 1 aliphatic heterocycles. The zero-order valence-electron chi connectivity index (χ0n) is 13.0. The molecule has 1 unspecified atom stereocenters. The van der Waals surface area contributed by atoms with E-state index >= 15 is 0 Å². The molecule has 4 nitrogen and oxygen atoms in total. The summed E-state index contributed by atoms with van der Waals surface area (Å²) in [5.41, 5.74) is 0.0569. The van der Waals surface area contributed by atoms with Crippen LogP contribution in [0.25, 0.3) is 0 Å². The van der Waals surface area contributed by atoms with Crippen LogP contribution < -0.4 is 0 Å². The fraction of sp³-hybridized carbons (Fsp3) is 0.812. The Morgan fingerprint density at radius 1 is 1.40 bits per heavy atom. The minimum absolute atomic E-state index is 0.0569. The zero-order valence-corrected chi connectivity index (χ0v) is 13.0. The molecule has 2 aliphatic rings. The van der Waals surface area contributed by atoms with Crippen molar-refractivity contribution >= 4 is 0 Å². The molecular weight excluding hydrogens is 250 g/mol. The maximum atomic E-state index is 5.84. The third kappa shape index (κ3) is 3.41. The molecule has 1 aromatic heterocycles. The van der Waals surface area contributed by atoms with Gasteiger partial charge in [0.1, 0.15) is 5.82 Å². The summed E-state index contributed by atoms with van der Waals surface area (Å²) in [4.78, 5) is 7.13. The van der Waals surface area contributed by atoms with Crippen LogP contribution in [0.2, 0.25) is 0 Å². The Kier molecular flexibility index (Phi) is 3.87. The molecule has 1 aliphatic carbocycles. The molecule has 0 bridgehead atoms. The van der Waals surface area contributed by atoms with Crippen molar-refractivity contribution in [2.75, 3.05) is 13.2 Å². The van der Waals surface area contributed by atoms with Crippen molar-refractivity contribution in [3.05, 3.63) is 18.2 Å². The molecule has 20 heavy (non-hydrogen) atoms. The van der Waals surface area contributed by atoms with Gasteiger partial charge in [-0.3, -0.25) is 4.90 Å². The summed E-state index contributed by atoms with van der Waals surface area (Å²) in [5.74, 6) is 1.95. The molecule has 112 valence electrons. The fourth-order valence-electron chi connectivity index (χ4n) is 3.36. The first-order valence-electron chi connectivity index (χ1n) is 7.88. The van der Waals surface area contributed by atoms with Crippen LogP contribution in [0.1, 0.15) is 45.4 Å². The van der Waals surface area contributed by atoms with E-state index in [0.29, 0.717) is 0 Å². The topological polar surface area (TPSA) is 30.3 Å². The SMILES string of the molecule is Cn1ccnc1CN(CC1CCOC(C)(C)C1)C1CC1. The molecule has 4 heteroatoms. The second kappa shape index (κ2) is 5.49. The van der Waals surface area contributed by atoms with Gasteiger partial charge < -0.3 is 9.30 Å². The Bertz CT molecular complexity index is 450. The van der Waals surface area contributed by atoms with Crippen molar-refractivity contribution in [1.29, 1.82) is 0 Å². The van der Waals surface area contributed by atoms with Gasteiger partial charge in [-0.15, -0.1) is 0 Å². The van der Waals surface area contributed by atoms with Crippen LogP contribution in [0.3, 0.4) is 0 Å². The molecule has 1 atom stereocenters. The first-order chi connectivity index (χ1) is 9.53. The van der Waals surface area contributed by atoms with Crippen LogP contribution >= 0.6 is 0 Å². The van der Waals surface area contributed by atoms with E-state index in [1.165, 1.54) is 38.1 Å². The Hall–Kier alpha value is -0.870. The molecule has 2 heterocycles. The summed E-state index contributed by atoms with van der Waals surface area (Å²) in [6.07, 6.45) is 9.04. The highest BCUT2D eigenvalue weighted by Gasteiger charge is 2.34. The Morgan fingerprint density at radius 3 is 2.80 bits per heavy atom. The monoisotopic (exact) mass is 277 g/mol. The molecule has 0 radical (unpaired) electrons. The number of hydrogen-bond acceptors (Lipinski definition) is 3. The second-order valence-corrected chi connectivity index (χ2v) is 7.08. The van der Waals surface area contributed by atoms with Gasteiger partial charge in [-0.1, -0.05) is 0 Å². The predicted octanol–water partition coefficient (Wildman–Crippen LogP) is 2.59. The number of aryl methyl sites for hydroxylation is 1. The third-order valence-corrected chi connectivity index (χ3v) is 4.62. The normalized spacial score (nSPS) is 26.1. The molecule has 1 aromatic rings. The quantitative estimate of drug-likeness (QED) is 0.828. The summed E-state index contributed by atoms with van der Waals surface area (Å²) in [6, 6.07) is 0.789. The number of hydrogen-bond donors (Lipinski definition) is 0. The van der Waals surface area contributed by atoms with Crippen molar-refractivity contribution in [3.63, 3.8) is 0 Å². The van der Waals surface area contributed by atoms with E-state index in [1.807, 2.05) is 12.4 Å². The lowest BCUT2D eigenvalue weighted by atomic mass is 9.88. The van der Waals surface area contributed by atoms with Crippen LogP contribution in [0, 0.1) is 5.92 Å². The van der Waals surface area contributed by atoms with Crippen molar-refractivity contribution in [3.8, 4) is 0 Å². The third-order valence-electron chi connectivity index (χ3n) is 4.62. The van der Waals surface area contributed by atoms with E-state index in [2.05, 4.69) is 35.3 Å². The van der Waals surface area contributed by atoms with Gasteiger partial charge in [-0.2, -0.15) is 0 Å². The summed E-state index contributed by atoms with van der Waals surface area (Å²) in [5, 5.41) is 0. The number of rotatable bonds is 5. The lowest BCUT2D eigenvalue weighted by Gasteiger charge is -2.38. The summed E-state index contributed by atoms with van der Waals surface area (Å²) < 4.78 is 7.99. The lowest BCUT2D eigenvalue weighted by molar-refractivity contribution is -0.0776. The van der Waals surface area contributed by atoms with E-state index in [1.54, 1.807) is 0 Å². The summed E-state index contributed by atoms with van der Waals surface area (Å²) in [6.45, 7) is 7.55. The minimum atomic E-state index is 0.0569. The van der Waals surface area contributed by atoms with Crippen molar-refractivity contribution < 1.29 is 4.74 Å². The molecule has 0 aromatic carbocycles. The number of nitrogens with zero attached hydrogens (tertiary/aromatic N) is 3. The molecule has 3 rings (SSSR count). The highest BCUT2D eigenvalue weighted by Crippen LogP contribution is 2.33. The Labute approximate surface area is 122 Å². The van der Waals surface area contributed by atoms with E-state index < -0.39 is 0 Å². The summed E-state index contributed by atoms with van der Waals surface area (Å²) in [7, 11) is 2.09. The zero-order chi connectivity index (χ0) is 14.2. The molecule has 0 N–H and O–H groups in total. The van der Waals surface area contributed by atoms with Crippen LogP contribution in [0.5, 0.6) is 0 Å². The van der Waals surface area contributed by atoms with Gasteiger partial charge in [0.2, 0.25) is 0 Å². The smallest absolute Gasteiger partial charge is 0.122 e. The first kappa shape index (κ1) is 14.1. The highest BCUT2D eigenvalue weighted by atomic mass is 16.5. The Balaban J connectivity index is 1.61. The van der Waals surface area contributed by atoms with Crippen molar-refractivity contribution in [1.82, 2.24) is 14.5 Å². The maximum absolute atomic E-state index is 5.84. The average molecular weight is 277 g/mol. The number of imidazole rings is 1. The molecule has 1 saturated heterocycles. The van der Waals surface area contributed by atoms with Crippen LogP contribution in [-0.2, 0) is 18.3 Å². The van der Waals surface area contributed by atoms with Gasteiger partial charge in [-0.05, 0) is 45.4 Å². The Morgan fingerprint density at radius 2 is 2.20 bits per heavy atom. The van der Waals surface area contributed by atoms with E-state index in [4.69, 9.17) is 4.74 Å². The number of ether oxygens (including phenoxy) is 1. The molecule has 0 spiro atoms. The van der Waals surface area contributed by atoms with Gasteiger partial charge in [0, 0.05) is 38.6 Å². The van der Waals surface area contributed by atoms with Crippen LogP contribution in [-0.4, -0.2) is 39.2 Å². The van der Waals surface area contributed by atoms with E-state index in [-0.39, 0.29) is 5.60 Å². The largest absolute Gasteiger partial charge is 0.376 e. The minimum Gasteiger partial charge on any atom is -0.376 e. The standard InChI is InChI=1S/C16H27N3O/c1-16(2)10-13(6-9-20-16)11-19(14-4-5-14)12-15-17-7-8-18(15)3/h7-8,13-14H,4-6,9-12H2,1-3H3. The van der Waals surface area contributed by atoms with Gasteiger partial charge in [0.05, 0.1) is 12.1 Å². The highest BCUT2D eigenvalue weighted by molar-refractivity contribution is 4.95. The van der Waals surface area contributed by atoms with Crippen molar-refractivity contribution in [2.24, 2.45) is 13.0 Å². The van der Waals surface area contributed by atoms with Crippen LogP contribution in [0.15, 0.2) is 12.4 Å². The number of aromatic nitrogens is 2. The average Bonchev–Trinajstić information content (AvgIpc) is 3.13. The van der Waals surface area contributed by atoms with E-state index in [9.17, 15) is 0 Å². The summed E-state index contributed by atoms with van der Waals surface area (Å²) >= 11 is 0. The van der Waals surface area contributed by atoms with Crippen molar-refractivity contribution in [2.45, 2.75) is 57.7 Å². The van der Waals surface area contributed by atoms with Gasteiger partial charge >= 0.3 is 0 Å². The molecule has 2 fully saturated rings. The molecule has 0 amide bonds. The predicted molar refractivity (Wildman–Crippen MR) is 79.4 cm³/mol. The van der Waals surface area contributed by atoms with Gasteiger partial charge in [0.15, 0.2) is 0 Å². The van der Waals surface area contributed by atoms with Gasteiger partial charge in [-0.25, -0.2) is 4.98 Å². The second-order valence-electron chi connectivity index (χ2n) is 7.08.